The van der Waals surface area contributed by atoms with E-state index < -0.39 is 0 Å². The molecule has 2 aromatic heterocycles. The largest absolute Gasteiger partial charge is 0.326 e. The predicted octanol–water partition coefficient (Wildman–Crippen LogP) is 4.05. The van der Waals surface area contributed by atoms with E-state index in [2.05, 4.69) is 18.3 Å². The van der Waals surface area contributed by atoms with Crippen LogP contribution >= 0.6 is 0 Å². The van der Waals surface area contributed by atoms with Crippen LogP contribution in [0.1, 0.15) is 24.8 Å². The molecule has 0 aliphatic heterocycles. The van der Waals surface area contributed by atoms with Crippen molar-refractivity contribution in [3.63, 3.8) is 0 Å². The quantitative estimate of drug-likeness (QED) is 0.793. The van der Waals surface area contributed by atoms with Crippen LogP contribution in [0.4, 0.5) is 5.69 Å². The fourth-order valence-electron chi connectivity index (χ4n) is 2.93. The zero-order chi connectivity index (χ0) is 15.8. The van der Waals surface area contributed by atoms with Gasteiger partial charge in [0.1, 0.15) is 5.65 Å². The van der Waals surface area contributed by atoms with Crippen LogP contribution in [0.25, 0.3) is 16.9 Å². The van der Waals surface area contributed by atoms with Gasteiger partial charge in [0, 0.05) is 29.6 Å². The SMILES string of the molecule is Cc1cccn2cc(-c3ccc(NC(=O)C4CCC4)cc3)nc12. The average molecular weight is 305 g/mol. The summed E-state index contributed by atoms with van der Waals surface area (Å²) in [4.78, 5) is 16.7. The van der Waals surface area contributed by atoms with Crippen LogP contribution in [0.2, 0.25) is 0 Å². The highest BCUT2D eigenvalue weighted by Crippen LogP contribution is 2.28. The summed E-state index contributed by atoms with van der Waals surface area (Å²) >= 11 is 0. The Labute approximate surface area is 135 Å². The lowest BCUT2D eigenvalue weighted by Gasteiger charge is -2.24. The van der Waals surface area contributed by atoms with Gasteiger partial charge in [-0.25, -0.2) is 4.98 Å². The number of nitrogens with one attached hydrogen (secondary N) is 1. The second kappa shape index (κ2) is 5.54. The number of aromatic nitrogens is 2. The molecule has 1 aliphatic rings. The van der Waals surface area contributed by atoms with Gasteiger partial charge in [-0.2, -0.15) is 0 Å². The number of aryl methyl sites for hydroxylation is 1. The molecule has 0 bridgehead atoms. The number of amides is 1. The molecular formula is C19H19N3O. The van der Waals surface area contributed by atoms with Gasteiger partial charge in [-0.15, -0.1) is 0 Å². The van der Waals surface area contributed by atoms with Gasteiger partial charge in [-0.1, -0.05) is 24.6 Å². The first-order valence-electron chi connectivity index (χ1n) is 8.06. The van der Waals surface area contributed by atoms with Crippen LogP contribution < -0.4 is 5.32 Å². The first-order valence-corrected chi connectivity index (χ1v) is 8.06. The molecule has 1 aliphatic carbocycles. The molecule has 1 saturated carbocycles. The van der Waals surface area contributed by atoms with Gasteiger partial charge in [0.2, 0.25) is 5.91 Å². The Hall–Kier alpha value is -2.62. The number of pyridine rings is 1. The average Bonchev–Trinajstić information content (AvgIpc) is 2.91. The Morgan fingerprint density at radius 2 is 2.00 bits per heavy atom. The van der Waals surface area contributed by atoms with E-state index in [9.17, 15) is 4.79 Å². The lowest BCUT2D eigenvalue weighted by Crippen LogP contribution is -2.27. The first-order chi connectivity index (χ1) is 11.2. The Balaban J connectivity index is 1.56. The second-order valence-corrected chi connectivity index (χ2v) is 6.24. The van der Waals surface area contributed by atoms with Crippen molar-refractivity contribution < 1.29 is 4.79 Å². The Morgan fingerprint density at radius 1 is 1.22 bits per heavy atom. The fourth-order valence-corrected chi connectivity index (χ4v) is 2.93. The molecule has 4 nitrogen and oxygen atoms in total. The molecular weight excluding hydrogens is 286 g/mol. The summed E-state index contributed by atoms with van der Waals surface area (Å²) in [5.41, 5.74) is 4.98. The van der Waals surface area contributed by atoms with Crippen LogP contribution in [-0.4, -0.2) is 15.3 Å². The number of imidazole rings is 1. The zero-order valence-electron chi connectivity index (χ0n) is 13.1. The summed E-state index contributed by atoms with van der Waals surface area (Å²) in [6.45, 7) is 2.06. The van der Waals surface area contributed by atoms with E-state index in [4.69, 9.17) is 4.98 Å². The third-order valence-corrected chi connectivity index (χ3v) is 4.60. The number of fused-ring (bicyclic) bond motifs is 1. The fraction of sp³-hybridized carbons (Fsp3) is 0.263. The lowest BCUT2D eigenvalue weighted by atomic mass is 9.85. The number of nitrogens with zero attached hydrogens (tertiary/aromatic N) is 2. The van der Waals surface area contributed by atoms with E-state index >= 15 is 0 Å². The smallest absolute Gasteiger partial charge is 0.227 e. The van der Waals surface area contributed by atoms with Gasteiger partial charge >= 0.3 is 0 Å². The van der Waals surface area contributed by atoms with Crippen molar-refractivity contribution >= 4 is 17.2 Å². The lowest BCUT2D eigenvalue weighted by molar-refractivity contribution is -0.122. The number of carbonyl (C=O) groups is 1. The van der Waals surface area contributed by atoms with Crippen molar-refractivity contribution in [1.82, 2.24) is 9.38 Å². The minimum Gasteiger partial charge on any atom is -0.326 e. The topological polar surface area (TPSA) is 46.4 Å². The molecule has 2 heterocycles. The normalized spacial score (nSPS) is 14.7. The maximum absolute atomic E-state index is 12.0. The van der Waals surface area contributed by atoms with E-state index in [0.717, 1.165) is 41.0 Å². The number of anilines is 1. The van der Waals surface area contributed by atoms with Crippen molar-refractivity contribution in [2.45, 2.75) is 26.2 Å². The Morgan fingerprint density at radius 3 is 2.65 bits per heavy atom. The number of rotatable bonds is 3. The molecule has 0 unspecified atom stereocenters. The number of benzene rings is 1. The van der Waals surface area contributed by atoms with Gasteiger partial charge in [0.25, 0.3) is 0 Å². The van der Waals surface area contributed by atoms with Crippen molar-refractivity contribution in [3.05, 3.63) is 54.4 Å². The number of hydrogen-bond donors (Lipinski definition) is 1. The molecule has 0 spiro atoms. The summed E-state index contributed by atoms with van der Waals surface area (Å²) in [6.07, 6.45) is 7.25. The Bertz CT molecular complexity index is 860. The van der Waals surface area contributed by atoms with E-state index in [0.29, 0.717) is 0 Å². The van der Waals surface area contributed by atoms with Crippen LogP contribution in [0.15, 0.2) is 48.8 Å². The molecule has 3 aromatic rings. The summed E-state index contributed by atoms with van der Waals surface area (Å²) in [6, 6.07) is 12.0. The van der Waals surface area contributed by atoms with Crippen LogP contribution in [0.5, 0.6) is 0 Å². The molecule has 4 rings (SSSR count). The van der Waals surface area contributed by atoms with E-state index in [1.54, 1.807) is 0 Å². The minimum absolute atomic E-state index is 0.146. The summed E-state index contributed by atoms with van der Waals surface area (Å²) in [7, 11) is 0. The van der Waals surface area contributed by atoms with E-state index in [-0.39, 0.29) is 11.8 Å². The monoisotopic (exact) mass is 305 g/mol. The molecule has 1 fully saturated rings. The maximum atomic E-state index is 12.0. The van der Waals surface area contributed by atoms with Crippen molar-refractivity contribution in [1.29, 1.82) is 0 Å². The van der Waals surface area contributed by atoms with Gasteiger partial charge in [0.15, 0.2) is 0 Å². The maximum Gasteiger partial charge on any atom is 0.227 e. The molecule has 23 heavy (non-hydrogen) atoms. The predicted molar refractivity (Wildman–Crippen MR) is 91.3 cm³/mol. The molecule has 116 valence electrons. The molecule has 0 saturated heterocycles. The third-order valence-electron chi connectivity index (χ3n) is 4.60. The standard InChI is InChI=1S/C19H19N3O/c1-13-4-3-11-22-12-17(21-18(13)22)14-7-9-16(10-8-14)20-19(23)15-5-2-6-15/h3-4,7-12,15H,2,5-6H2,1H3,(H,20,23). The molecule has 4 heteroatoms. The van der Waals surface area contributed by atoms with Crippen LogP contribution in [0, 0.1) is 12.8 Å². The molecule has 1 N–H and O–H groups in total. The van der Waals surface area contributed by atoms with Crippen LogP contribution in [-0.2, 0) is 4.79 Å². The van der Waals surface area contributed by atoms with Crippen molar-refractivity contribution in [2.24, 2.45) is 5.92 Å². The summed E-state index contributed by atoms with van der Waals surface area (Å²) < 4.78 is 2.04. The third kappa shape index (κ3) is 2.61. The minimum atomic E-state index is 0.146. The van der Waals surface area contributed by atoms with E-state index in [1.807, 2.05) is 47.1 Å². The van der Waals surface area contributed by atoms with E-state index in [1.165, 1.54) is 6.42 Å². The van der Waals surface area contributed by atoms with Gasteiger partial charge in [-0.05, 0) is 43.5 Å². The van der Waals surface area contributed by atoms with Crippen LogP contribution in [0.3, 0.4) is 0 Å². The van der Waals surface area contributed by atoms with Gasteiger partial charge < -0.3 is 9.72 Å². The zero-order valence-corrected chi connectivity index (χ0v) is 13.1. The van der Waals surface area contributed by atoms with Gasteiger partial charge in [-0.3, -0.25) is 4.79 Å². The summed E-state index contributed by atoms with van der Waals surface area (Å²) in [5.74, 6) is 0.350. The van der Waals surface area contributed by atoms with Crippen molar-refractivity contribution in [3.8, 4) is 11.3 Å². The van der Waals surface area contributed by atoms with Gasteiger partial charge in [0.05, 0.1) is 5.69 Å². The molecule has 1 aromatic carbocycles. The highest BCUT2D eigenvalue weighted by atomic mass is 16.1. The Kier molecular flexibility index (Phi) is 3.37. The summed E-state index contributed by atoms with van der Waals surface area (Å²) in [5, 5.41) is 2.99. The number of carbonyl (C=O) groups excluding carboxylic acids is 1. The van der Waals surface area contributed by atoms with Crippen molar-refractivity contribution in [2.75, 3.05) is 5.32 Å². The molecule has 1 amide bonds. The molecule has 0 atom stereocenters. The highest BCUT2D eigenvalue weighted by molar-refractivity contribution is 5.93. The number of hydrogen-bond acceptors (Lipinski definition) is 2. The highest BCUT2D eigenvalue weighted by Gasteiger charge is 2.25. The molecule has 0 radical (unpaired) electrons. The first kappa shape index (κ1) is 14.0. The second-order valence-electron chi connectivity index (χ2n) is 6.24.